The largest absolute Gasteiger partial charge is 0.478 e. The minimum absolute atomic E-state index is 0.0575. The van der Waals surface area contributed by atoms with Gasteiger partial charge in [0, 0.05) is 33.0 Å². The molecule has 2 amide bonds. The van der Waals surface area contributed by atoms with E-state index in [2.05, 4.69) is 98.5 Å². The Hall–Kier alpha value is -7.54. The number of ether oxygens (including phenoxy) is 1. The van der Waals surface area contributed by atoms with Crippen LogP contribution in [0.4, 0.5) is 10.3 Å². The Labute approximate surface area is 398 Å². The molecule has 2 heterocycles. The van der Waals surface area contributed by atoms with Crippen molar-refractivity contribution in [2.45, 2.75) is 52.4 Å². The van der Waals surface area contributed by atoms with Gasteiger partial charge in [0.05, 0.1) is 29.6 Å². The van der Waals surface area contributed by atoms with Crippen LogP contribution in [0.1, 0.15) is 94.1 Å². The highest BCUT2D eigenvalue weighted by Gasteiger charge is 2.20. The lowest BCUT2D eigenvalue weighted by molar-refractivity contribution is 0.0599. The number of benzene rings is 6. The summed E-state index contributed by atoms with van der Waals surface area (Å²) in [6.45, 7) is 13.0. The van der Waals surface area contributed by atoms with E-state index in [1.54, 1.807) is 47.8 Å². The number of hydrogen-bond donors (Lipinski definition) is 3. The topological polar surface area (TPSA) is 148 Å². The van der Waals surface area contributed by atoms with Crippen LogP contribution in [0.3, 0.4) is 0 Å². The van der Waals surface area contributed by atoms with Gasteiger partial charge in [-0.15, -0.1) is 22.7 Å². The van der Waals surface area contributed by atoms with E-state index >= 15 is 0 Å². The molecule has 2 aromatic heterocycles. The molecule has 338 valence electrons. The Morgan fingerprint density at radius 2 is 0.910 bits per heavy atom. The van der Waals surface area contributed by atoms with Crippen LogP contribution in [0.2, 0.25) is 0 Å². The second-order valence-corrected chi connectivity index (χ2v) is 19.4. The zero-order valence-corrected chi connectivity index (χ0v) is 39.8. The summed E-state index contributed by atoms with van der Waals surface area (Å²) in [7, 11) is 1.35. The molecule has 0 aliphatic carbocycles. The number of esters is 1. The lowest BCUT2D eigenvalue weighted by Crippen LogP contribution is -2.13. The molecule has 3 N–H and O–H groups in total. The normalized spacial score (nSPS) is 11.2. The van der Waals surface area contributed by atoms with Gasteiger partial charge in [0.15, 0.2) is 10.3 Å². The average Bonchev–Trinajstić information content (AvgIpc) is 4.01. The maximum atomic E-state index is 13.2. The summed E-state index contributed by atoms with van der Waals surface area (Å²) in [6, 6.07) is 45.3. The molecule has 10 nitrogen and oxygen atoms in total. The summed E-state index contributed by atoms with van der Waals surface area (Å²) < 4.78 is 4.79. The van der Waals surface area contributed by atoms with Crippen LogP contribution in [0.15, 0.2) is 156 Å². The van der Waals surface area contributed by atoms with Crippen molar-refractivity contribution in [3.8, 4) is 44.8 Å². The van der Waals surface area contributed by atoms with Gasteiger partial charge < -0.3 is 9.84 Å². The van der Waals surface area contributed by atoms with Gasteiger partial charge in [-0.3, -0.25) is 20.2 Å². The molecule has 0 unspecified atom stereocenters. The van der Waals surface area contributed by atoms with E-state index in [1.807, 2.05) is 66.0 Å². The monoisotopic (exact) mass is 926 g/mol. The number of nitrogens with zero attached hydrogens (tertiary/aromatic N) is 2. The van der Waals surface area contributed by atoms with Gasteiger partial charge in [0.1, 0.15) is 0 Å². The summed E-state index contributed by atoms with van der Waals surface area (Å²) in [6.07, 6.45) is 0. The lowest BCUT2D eigenvalue weighted by Gasteiger charge is -2.19. The van der Waals surface area contributed by atoms with Gasteiger partial charge in [-0.2, -0.15) is 0 Å². The van der Waals surface area contributed by atoms with Crippen molar-refractivity contribution in [2.75, 3.05) is 17.7 Å². The Morgan fingerprint density at radius 1 is 0.507 bits per heavy atom. The van der Waals surface area contributed by atoms with Crippen LogP contribution in [0.25, 0.3) is 44.8 Å². The first-order valence-electron chi connectivity index (χ1n) is 21.4. The smallest absolute Gasteiger partial charge is 0.337 e. The first kappa shape index (κ1) is 47.4. The number of hydrogen-bond acceptors (Lipinski definition) is 9. The number of nitrogens with one attached hydrogen (secondary N) is 2. The summed E-state index contributed by atoms with van der Waals surface area (Å²) in [5.74, 6) is -1.86. The van der Waals surface area contributed by atoms with Crippen molar-refractivity contribution < 1.29 is 29.0 Å². The fourth-order valence-corrected chi connectivity index (χ4v) is 8.59. The van der Waals surface area contributed by atoms with Gasteiger partial charge in [-0.05, 0) is 80.6 Å². The second-order valence-electron chi connectivity index (χ2n) is 17.7. The third-order valence-electron chi connectivity index (χ3n) is 10.9. The van der Waals surface area contributed by atoms with Crippen LogP contribution >= 0.6 is 22.7 Å². The Kier molecular flexibility index (Phi) is 14.4. The van der Waals surface area contributed by atoms with Crippen molar-refractivity contribution in [1.29, 1.82) is 0 Å². The minimum atomic E-state index is -0.993. The molecule has 0 fully saturated rings. The van der Waals surface area contributed by atoms with Crippen LogP contribution in [0, 0.1) is 0 Å². The number of carboxylic acids is 1. The molecule has 8 rings (SSSR count). The van der Waals surface area contributed by atoms with E-state index in [0.29, 0.717) is 43.9 Å². The molecule has 0 saturated heterocycles. The number of carbonyl (C=O) groups excluding carboxylic acids is 3. The highest BCUT2D eigenvalue weighted by molar-refractivity contribution is 7.14. The molecule has 0 saturated carbocycles. The molecule has 67 heavy (non-hydrogen) atoms. The fraction of sp³-hybridized carbons (Fsp3) is 0.164. The SMILES string of the molecule is CC(C)(C)c1ccc(-c2ccccc2C(=O)Nc2nc(-c3cccc(C(=O)O)c3)cs2)cc1.COC(=O)c1cccc(-c2csc(NC(=O)c3ccccc3-c3ccc(C(C)(C)C)cc3)n2)c1. The summed E-state index contributed by atoms with van der Waals surface area (Å²) in [5.41, 5.74) is 10.8. The Balaban J connectivity index is 0.000000199. The molecule has 0 radical (unpaired) electrons. The third-order valence-corrected chi connectivity index (χ3v) is 12.4. The predicted octanol–water partition coefficient (Wildman–Crippen LogP) is 13.5. The first-order valence-corrected chi connectivity index (χ1v) is 23.2. The number of amides is 2. The number of aromatic carboxylic acids is 1. The van der Waals surface area contributed by atoms with Gasteiger partial charge in [0.2, 0.25) is 0 Å². The van der Waals surface area contributed by atoms with E-state index in [1.165, 1.54) is 47.0 Å². The molecule has 6 aromatic carbocycles. The summed E-state index contributed by atoms with van der Waals surface area (Å²) >= 11 is 2.63. The van der Waals surface area contributed by atoms with Crippen molar-refractivity contribution >= 4 is 56.7 Å². The van der Waals surface area contributed by atoms with Crippen molar-refractivity contribution in [1.82, 2.24) is 9.97 Å². The maximum Gasteiger partial charge on any atom is 0.337 e. The molecule has 12 heteroatoms. The summed E-state index contributed by atoms with van der Waals surface area (Å²) in [5, 5.41) is 19.6. The molecule has 8 aromatic rings. The molecule has 0 aliphatic heterocycles. The van der Waals surface area contributed by atoms with E-state index in [-0.39, 0.29) is 28.2 Å². The highest BCUT2D eigenvalue weighted by atomic mass is 32.1. The van der Waals surface area contributed by atoms with E-state index in [9.17, 15) is 24.3 Å². The second kappa shape index (κ2) is 20.3. The van der Waals surface area contributed by atoms with E-state index in [4.69, 9.17) is 4.74 Å². The molecular formula is C55H50N4O6S2. The molecule has 0 atom stereocenters. The number of carbonyl (C=O) groups is 4. The number of methoxy groups -OCH3 is 1. The molecule has 0 spiro atoms. The lowest BCUT2D eigenvalue weighted by atomic mass is 9.86. The van der Waals surface area contributed by atoms with E-state index in [0.717, 1.165) is 27.8 Å². The molecule has 0 aliphatic rings. The summed E-state index contributed by atoms with van der Waals surface area (Å²) in [4.78, 5) is 58.3. The molecule has 0 bridgehead atoms. The predicted molar refractivity (Wildman–Crippen MR) is 270 cm³/mol. The van der Waals surface area contributed by atoms with Crippen LogP contribution in [-0.4, -0.2) is 45.9 Å². The highest BCUT2D eigenvalue weighted by Crippen LogP contribution is 2.32. The van der Waals surface area contributed by atoms with Crippen molar-refractivity contribution in [2.24, 2.45) is 0 Å². The standard InChI is InChI=1S/C28H26N2O3S.C27H24N2O3S/c1-28(2,3)21-14-12-18(13-15-21)22-10-5-6-11-23(22)25(31)30-27-29-24(17-34-27)19-8-7-9-20(16-19)26(32)33-4;1-27(2,3)20-13-11-17(12-14-20)21-9-4-5-10-22(21)24(30)29-26-28-23(16-33-26)18-7-6-8-19(15-18)25(31)32/h5-17H,1-4H3,(H,29,30,31);4-16H,1-3H3,(H,31,32)(H,28,29,30). The average molecular weight is 927 g/mol. The van der Waals surface area contributed by atoms with E-state index < -0.39 is 11.9 Å². The number of anilines is 2. The Bertz CT molecular complexity index is 3070. The number of thiazole rings is 2. The van der Waals surface area contributed by atoms with Crippen LogP contribution in [-0.2, 0) is 15.6 Å². The van der Waals surface area contributed by atoms with Crippen LogP contribution in [0.5, 0.6) is 0 Å². The first-order chi connectivity index (χ1) is 32.0. The van der Waals surface area contributed by atoms with Gasteiger partial charge >= 0.3 is 11.9 Å². The molecular weight excluding hydrogens is 877 g/mol. The van der Waals surface area contributed by atoms with Gasteiger partial charge in [0.25, 0.3) is 11.8 Å². The third kappa shape index (κ3) is 11.7. The fourth-order valence-electron chi connectivity index (χ4n) is 7.16. The van der Waals surface area contributed by atoms with Crippen LogP contribution < -0.4 is 10.6 Å². The zero-order chi connectivity index (χ0) is 47.9. The number of aromatic nitrogens is 2. The van der Waals surface area contributed by atoms with Crippen molar-refractivity contribution in [3.05, 3.63) is 190 Å². The minimum Gasteiger partial charge on any atom is -0.478 e. The zero-order valence-electron chi connectivity index (χ0n) is 38.2. The number of rotatable bonds is 10. The quantitative estimate of drug-likeness (QED) is 0.115. The number of carboxylic acid groups (broad SMARTS) is 1. The van der Waals surface area contributed by atoms with Gasteiger partial charge in [-0.1, -0.05) is 151 Å². The Morgan fingerprint density at radius 3 is 1.31 bits per heavy atom. The van der Waals surface area contributed by atoms with Crippen molar-refractivity contribution in [3.63, 3.8) is 0 Å². The van der Waals surface area contributed by atoms with Gasteiger partial charge in [-0.25, -0.2) is 19.6 Å². The maximum absolute atomic E-state index is 13.2.